The molecule has 154 valence electrons. The third-order valence-corrected chi connectivity index (χ3v) is 7.47. The first-order valence-electron chi connectivity index (χ1n) is 9.32. The third kappa shape index (κ3) is 3.78. The number of rotatable bonds is 5. The number of thiophene rings is 1. The van der Waals surface area contributed by atoms with Crippen molar-refractivity contribution in [3.63, 3.8) is 0 Å². The molecule has 4 aromatic heterocycles. The second-order valence-electron chi connectivity index (χ2n) is 6.80. The van der Waals surface area contributed by atoms with Gasteiger partial charge in [0.1, 0.15) is 4.21 Å². The molecule has 0 aliphatic carbocycles. The molecular formula is C21H16N6O2S2. The van der Waals surface area contributed by atoms with Crippen LogP contribution in [0.15, 0.2) is 77.3 Å². The molecule has 0 aliphatic rings. The molecule has 0 fully saturated rings. The van der Waals surface area contributed by atoms with Gasteiger partial charge in [-0.1, -0.05) is 12.1 Å². The molecule has 0 saturated heterocycles. The van der Waals surface area contributed by atoms with Crippen LogP contribution in [0.5, 0.6) is 0 Å². The van der Waals surface area contributed by atoms with Crippen LogP contribution < -0.4 is 4.72 Å². The number of pyridine rings is 1. The zero-order valence-electron chi connectivity index (χ0n) is 16.3. The van der Waals surface area contributed by atoms with E-state index in [-0.39, 0.29) is 4.21 Å². The maximum absolute atomic E-state index is 12.7. The Morgan fingerprint density at radius 3 is 2.55 bits per heavy atom. The highest BCUT2D eigenvalue weighted by Crippen LogP contribution is 2.26. The summed E-state index contributed by atoms with van der Waals surface area (Å²) < 4.78 is 29.9. The molecule has 8 nitrogen and oxygen atoms in total. The number of benzene rings is 1. The van der Waals surface area contributed by atoms with E-state index in [1.54, 1.807) is 47.2 Å². The number of aromatic nitrogens is 5. The fourth-order valence-electron chi connectivity index (χ4n) is 3.13. The topological polar surface area (TPSA) is 102 Å². The van der Waals surface area contributed by atoms with Crippen LogP contribution in [0.3, 0.4) is 0 Å². The summed E-state index contributed by atoms with van der Waals surface area (Å²) in [4.78, 5) is 4.97. The van der Waals surface area contributed by atoms with E-state index in [1.807, 2.05) is 37.3 Å². The standard InChI is InChI=1S/C21H16N6O2S2/c1-14-5-8-20(30-14)31(28,29)26-17-4-2-3-16(13-17)18-6-7-19-23-24-21(27(19)25-18)15-9-11-22-12-10-15/h2-13,26H,1H3. The van der Waals surface area contributed by atoms with E-state index in [4.69, 9.17) is 0 Å². The van der Waals surface area contributed by atoms with Gasteiger partial charge in [0, 0.05) is 34.1 Å². The van der Waals surface area contributed by atoms with Crippen LogP contribution in [0.4, 0.5) is 5.69 Å². The molecule has 1 aromatic carbocycles. The molecular weight excluding hydrogens is 432 g/mol. The number of nitrogens with zero attached hydrogens (tertiary/aromatic N) is 5. The molecule has 0 radical (unpaired) electrons. The molecule has 4 heterocycles. The second-order valence-corrected chi connectivity index (χ2v) is 10.00. The number of hydrogen-bond donors (Lipinski definition) is 1. The summed E-state index contributed by atoms with van der Waals surface area (Å²) in [6, 6.07) is 17.8. The van der Waals surface area contributed by atoms with Gasteiger partial charge in [-0.05, 0) is 55.5 Å². The van der Waals surface area contributed by atoms with Crippen molar-refractivity contribution < 1.29 is 8.42 Å². The van der Waals surface area contributed by atoms with E-state index in [9.17, 15) is 8.42 Å². The molecule has 1 N–H and O–H groups in total. The zero-order chi connectivity index (χ0) is 21.4. The van der Waals surface area contributed by atoms with Gasteiger partial charge in [-0.25, -0.2) is 8.42 Å². The second kappa shape index (κ2) is 7.56. The first kappa shape index (κ1) is 19.3. The van der Waals surface area contributed by atoms with E-state index >= 15 is 0 Å². The van der Waals surface area contributed by atoms with E-state index in [2.05, 4.69) is 25.0 Å². The minimum absolute atomic E-state index is 0.279. The Kier molecular flexibility index (Phi) is 4.72. The first-order chi connectivity index (χ1) is 15.0. The van der Waals surface area contributed by atoms with Gasteiger partial charge < -0.3 is 0 Å². The fourth-order valence-corrected chi connectivity index (χ4v) is 5.46. The summed E-state index contributed by atoms with van der Waals surface area (Å²) >= 11 is 1.23. The first-order valence-corrected chi connectivity index (χ1v) is 11.6. The van der Waals surface area contributed by atoms with Crippen LogP contribution in [0, 0.1) is 6.92 Å². The quantitative estimate of drug-likeness (QED) is 0.436. The van der Waals surface area contributed by atoms with Gasteiger partial charge in [-0.15, -0.1) is 21.5 Å². The average Bonchev–Trinajstić information content (AvgIpc) is 3.40. The summed E-state index contributed by atoms with van der Waals surface area (Å²) in [5.41, 5.74) is 3.35. The van der Waals surface area contributed by atoms with E-state index < -0.39 is 10.0 Å². The van der Waals surface area contributed by atoms with Crippen LogP contribution in [0.25, 0.3) is 28.3 Å². The average molecular weight is 449 g/mol. The van der Waals surface area contributed by atoms with Crippen molar-refractivity contribution in [3.8, 4) is 22.6 Å². The van der Waals surface area contributed by atoms with Gasteiger partial charge in [0.15, 0.2) is 11.5 Å². The lowest BCUT2D eigenvalue weighted by molar-refractivity contribution is 0.603. The van der Waals surface area contributed by atoms with Crippen molar-refractivity contribution in [2.24, 2.45) is 0 Å². The fraction of sp³-hybridized carbons (Fsp3) is 0.0476. The summed E-state index contributed by atoms with van der Waals surface area (Å²) in [5.74, 6) is 0.601. The Balaban J connectivity index is 1.51. The summed E-state index contributed by atoms with van der Waals surface area (Å²) in [5, 5.41) is 13.1. The maximum Gasteiger partial charge on any atom is 0.271 e. The van der Waals surface area contributed by atoms with Crippen LogP contribution in [0.2, 0.25) is 0 Å². The molecule has 0 spiro atoms. The monoisotopic (exact) mass is 448 g/mol. The molecule has 0 amide bonds. The molecule has 0 bridgehead atoms. The lowest BCUT2D eigenvalue weighted by Gasteiger charge is -2.08. The molecule has 10 heteroatoms. The van der Waals surface area contributed by atoms with Crippen molar-refractivity contribution in [2.75, 3.05) is 4.72 Å². The molecule has 5 aromatic rings. The largest absolute Gasteiger partial charge is 0.279 e. The van der Waals surface area contributed by atoms with E-state index in [0.29, 0.717) is 22.9 Å². The number of anilines is 1. The van der Waals surface area contributed by atoms with Crippen molar-refractivity contribution in [1.29, 1.82) is 0 Å². The van der Waals surface area contributed by atoms with Crippen molar-refractivity contribution >= 4 is 32.7 Å². The molecule has 31 heavy (non-hydrogen) atoms. The maximum atomic E-state index is 12.7. The van der Waals surface area contributed by atoms with Crippen molar-refractivity contribution in [3.05, 3.63) is 77.9 Å². The number of aryl methyl sites for hydroxylation is 1. The normalized spacial score (nSPS) is 11.6. The number of fused-ring (bicyclic) bond motifs is 1. The Morgan fingerprint density at radius 2 is 1.77 bits per heavy atom. The molecule has 5 rings (SSSR count). The Bertz CT molecular complexity index is 1490. The van der Waals surface area contributed by atoms with Gasteiger partial charge in [0.25, 0.3) is 10.0 Å². The molecule has 0 aliphatic heterocycles. The smallest absolute Gasteiger partial charge is 0.271 e. The number of sulfonamides is 1. The molecule has 0 unspecified atom stereocenters. The summed E-state index contributed by atoms with van der Waals surface area (Å²) in [7, 11) is -3.64. The Morgan fingerprint density at radius 1 is 0.935 bits per heavy atom. The van der Waals surface area contributed by atoms with Crippen LogP contribution in [-0.4, -0.2) is 33.2 Å². The SMILES string of the molecule is Cc1ccc(S(=O)(=O)Nc2cccc(-c3ccc4nnc(-c5ccncc5)n4n3)c2)s1. The van der Waals surface area contributed by atoms with Gasteiger partial charge in [0.2, 0.25) is 0 Å². The Hall–Kier alpha value is -3.63. The van der Waals surface area contributed by atoms with Gasteiger partial charge in [-0.2, -0.15) is 9.61 Å². The summed E-state index contributed by atoms with van der Waals surface area (Å²) in [6.07, 6.45) is 3.37. The van der Waals surface area contributed by atoms with Crippen LogP contribution >= 0.6 is 11.3 Å². The highest BCUT2D eigenvalue weighted by molar-refractivity contribution is 7.94. The predicted molar refractivity (Wildman–Crippen MR) is 119 cm³/mol. The minimum Gasteiger partial charge on any atom is -0.279 e. The van der Waals surface area contributed by atoms with Gasteiger partial charge in [-0.3, -0.25) is 9.71 Å². The van der Waals surface area contributed by atoms with Crippen molar-refractivity contribution in [2.45, 2.75) is 11.1 Å². The molecule has 0 atom stereocenters. The lowest BCUT2D eigenvalue weighted by atomic mass is 10.1. The minimum atomic E-state index is -3.64. The summed E-state index contributed by atoms with van der Waals surface area (Å²) in [6.45, 7) is 1.87. The van der Waals surface area contributed by atoms with Crippen molar-refractivity contribution in [1.82, 2.24) is 24.8 Å². The van der Waals surface area contributed by atoms with E-state index in [1.165, 1.54) is 11.3 Å². The van der Waals surface area contributed by atoms with Gasteiger partial charge >= 0.3 is 0 Å². The lowest BCUT2D eigenvalue weighted by Crippen LogP contribution is -2.11. The highest BCUT2D eigenvalue weighted by atomic mass is 32.2. The highest BCUT2D eigenvalue weighted by Gasteiger charge is 2.17. The van der Waals surface area contributed by atoms with Gasteiger partial charge in [0.05, 0.1) is 5.69 Å². The number of nitrogens with one attached hydrogen (secondary N) is 1. The van der Waals surface area contributed by atoms with E-state index in [0.717, 1.165) is 16.0 Å². The predicted octanol–water partition coefficient (Wildman–Crippen LogP) is 4.02. The Labute approximate surface area is 182 Å². The molecule has 0 saturated carbocycles. The third-order valence-electron chi connectivity index (χ3n) is 4.59. The zero-order valence-corrected chi connectivity index (χ0v) is 17.9. The number of hydrogen-bond acceptors (Lipinski definition) is 7. The van der Waals surface area contributed by atoms with Crippen LogP contribution in [-0.2, 0) is 10.0 Å². The van der Waals surface area contributed by atoms with Crippen LogP contribution in [0.1, 0.15) is 4.88 Å².